The van der Waals surface area contributed by atoms with Crippen LogP contribution in [0.25, 0.3) is 0 Å². The highest BCUT2D eigenvalue weighted by atomic mass is 79.9. The third-order valence-corrected chi connectivity index (χ3v) is 2.95. The summed E-state index contributed by atoms with van der Waals surface area (Å²) in [5, 5.41) is 0.509. The van der Waals surface area contributed by atoms with Crippen molar-refractivity contribution in [1.29, 1.82) is 0 Å². The van der Waals surface area contributed by atoms with Crippen molar-refractivity contribution in [2.45, 2.75) is 5.38 Å². The van der Waals surface area contributed by atoms with Gasteiger partial charge in [0.05, 0.1) is 17.0 Å². The Morgan fingerprint density at radius 3 is 2.88 bits per heavy atom. The predicted octanol–water partition coefficient (Wildman–Crippen LogP) is 3.19. The number of ether oxygens (including phenoxy) is 1. The molecule has 1 aromatic rings. The minimum absolute atomic E-state index is 0.0866. The van der Waals surface area contributed by atoms with E-state index >= 15 is 0 Å². The number of alkyl halides is 1. The van der Waals surface area contributed by atoms with Gasteiger partial charge in [-0.1, -0.05) is 11.6 Å². The van der Waals surface area contributed by atoms with Crippen LogP contribution >= 0.6 is 39.1 Å². The fraction of sp³-hybridized carbons (Fsp3) is 0.500. The number of halogens is 3. The summed E-state index contributed by atoms with van der Waals surface area (Å²) in [5.74, 6) is 0.714. The van der Waals surface area contributed by atoms with E-state index in [1.54, 1.807) is 19.4 Å². The monoisotopic (exact) mass is 326 g/mol. The Bertz CT molecular complexity index is 352. The summed E-state index contributed by atoms with van der Waals surface area (Å²) >= 11 is 15.4. The first-order chi connectivity index (χ1) is 7.54. The zero-order valence-corrected chi connectivity index (χ0v) is 12.2. The van der Waals surface area contributed by atoms with E-state index in [9.17, 15) is 0 Å². The number of methoxy groups -OCH3 is 1. The lowest BCUT2D eigenvalue weighted by molar-refractivity contribution is 0.199. The van der Waals surface area contributed by atoms with Crippen LogP contribution in [-0.4, -0.2) is 37.7 Å². The first-order valence-electron chi connectivity index (χ1n) is 4.69. The summed E-state index contributed by atoms with van der Waals surface area (Å²) < 4.78 is 5.83. The smallest absolute Gasteiger partial charge is 0.147 e. The van der Waals surface area contributed by atoms with E-state index in [1.165, 1.54) is 0 Å². The third-order valence-electron chi connectivity index (χ3n) is 1.97. The van der Waals surface area contributed by atoms with Gasteiger partial charge < -0.3 is 9.64 Å². The quantitative estimate of drug-likeness (QED) is 0.777. The second kappa shape index (κ2) is 6.64. The van der Waals surface area contributed by atoms with Crippen molar-refractivity contribution in [3.05, 3.63) is 21.8 Å². The molecule has 0 saturated carbocycles. The Kier molecular flexibility index (Phi) is 5.83. The highest BCUT2D eigenvalue weighted by molar-refractivity contribution is 9.10. The number of pyridine rings is 1. The van der Waals surface area contributed by atoms with Crippen LogP contribution in [0.1, 0.15) is 0 Å². The molecule has 0 bridgehead atoms. The summed E-state index contributed by atoms with van der Waals surface area (Å²) in [6.07, 6.45) is 1.71. The Morgan fingerprint density at radius 1 is 1.62 bits per heavy atom. The van der Waals surface area contributed by atoms with Gasteiger partial charge in [0.2, 0.25) is 0 Å². The van der Waals surface area contributed by atoms with E-state index < -0.39 is 0 Å². The third kappa shape index (κ3) is 4.09. The summed E-state index contributed by atoms with van der Waals surface area (Å²) in [6.45, 7) is 1.13. The van der Waals surface area contributed by atoms with Gasteiger partial charge in [0, 0.05) is 31.4 Å². The molecule has 0 aliphatic rings. The molecule has 0 aliphatic heterocycles. The molecule has 0 amide bonds. The predicted molar refractivity (Wildman–Crippen MR) is 71.7 cm³/mol. The van der Waals surface area contributed by atoms with Gasteiger partial charge in [-0.25, -0.2) is 4.98 Å². The molecule has 0 aromatic carbocycles. The first-order valence-corrected chi connectivity index (χ1v) is 6.30. The molecule has 1 aromatic heterocycles. The van der Waals surface area contributed by atoms with Gasteiger partial charge in [-0.15, -0.1) is 11.6 Å². The van der Waals surface area contributed by atoms with Crippen LogP contribution in [0.4, 0.5) is 5.82 Å². The lowest BCUT2D eigenvalue weighted by Gasteiger charge is -2.21. The second-order valence-corrected chi connectivity index (χ2v) is 5.33. The number of nitrogens with zero attached hydrogens (tertiary/aromatic N) is 2. The van der Waals surface area contributed by atoms with Crippen molar-refractivity contribution in [3.8, 4) is 0 Å². The molecule has 1 rings (SSSR count). The van der Waals surface area contributed by atoms with Crippen LogP contribution in [0.3, 0.4) is 0 Å². The zero-order valence-electron chi connectivity index (χ0n) is 9.08. The van der Waals surface area contributed by atoms with Gasteiger partial charge in [0.15, 0.2) is 0 Å². The SMILES string of the molecule is COCC(Cl)CN(C)c1ncc(Br)cc1Cl. The Balaban J connectivity index is 2.69. The molecule has 1 unspecified atom stereocenters. The minimum Gasteiger partial charge on any atom is -0.383 e. The molecular weight excluding hydrogens is 315 g/mol. The Hall–Kier alpha value is -0.0300. The van der Waals surface area contributed by atoms with Crippen LogP contribution in [-0.2, 0) is 4.74 Å². The van der Waals surface area contributed by atoms with Gasteiger partial charge in [0.25, 0.3) is 0 Å². The molecule has 3 nitrogen and oxygen atoms in total. The molecule has 0 aliphatic carbocycles. The lowest BCUT2D eigenvalue weighted by atomic mass is 10.3. The van der Waals surface area contributed by atoms with Crippen molar-refractivity contribution >= 4 is 44.9 Å². The molecule has 0 fully saturated rings. The number of rotatable bonds is 5. The minimum atomic E-state index is -0.0866. The molecule has 0 saturated heterocycles. The summed E-state index contributed by atoms with van der Waals surface area (Å²) in [7, 11) is 3.52. The first kappa shape index (κ1) is 14.0. The summed E-state index contributed by atoms with van der Waals surface area (Å²) in [5.41, 5.74) is 0. The molecule has 0 N–H and O–H groups in total. The van der Waals surface area contributed by atoms with Gasteiger partial charge >= 0.3 is 0 Å². The topological polar surface area (TPSA) is 25.4 Å². The molecule has 90 valence electrons. The lowest BCUT2D eigenvalue weighted by Crippen LogP contribution is -2.29. The van der Waals surface area contributed by atoms with E-state index in [2.05, 4.69) is 20.9 Å². The standard InChI is InChI=1S/C10H13BrCl2N2O/c1-15(5-8(12)6-16-2)10-9(13)3-7(11)4-14-10/h3-4,8H,5-6H2,1-2H3. The van der Waals surface area contributed by atoms with Crippen molar-refractivity contribution in [2.24, 2.45) is 0 Å². The fourth-order valence-corrected chi connectivity index (χ4v) is 2.41. The van der Waals surface area contributed by atoms with E-state index in [4.69, 9.17) is 27.9 Å². The van der Waals surface area contributed by atoms with Crippen molar-refractivity contribution in [2.75, 3.05) is 32.2 Å². The maximum atomic E-state index is 6.08. The van der Waals surface area contributed by atoms with Crippen LogP contribution < -0.4 is 4.90 Å². The van der Waals surface area contributed by atoms with Gasteiger partial charge in [0.1, 0.15) is 5.82 Å². The zero-order chi connectivity index (χ0) is 12.1. The molecule has 1 atom stereocenters. The van der Waals surface area contributed by atoms with Crippen LogP contribution in [0.2, 0.25) is 5.02 Å². The summed E-state index contributed by atoms with van der Waals surface area (Å²) in [6, 6.07) is 1.81. The van der Waals surface area contributed by atoms with Gasteiger partial charge in [-0.2, -0.15) is 0 Å². The molecule has 0 radical (unpaired) electrons. The molecule has 6 heteroatoms. The van der Waals surface area contributed by atoms with Crippen LogP contribution in [0.5, 0.6) is 0 Å². The number of hydrogen-bond acceptors (Lipinski definition) is 3. The molecular formula is C10H13BrCl2N2O. The maximum Gasteiger partial charge on any atom is 0.147 e. The Morgan fingerprint density at radius 2 is 2.31 bits per heavy atom. The van der Waals surface area contributed by atoms with E-state index in [0.29, 0.717) is 24.0 Å². The van der Waals surface area contributed by atoms with Crippen molar-refractivity contribution in [1.82, 2.24) is 4.98 Å². The van der Waals surface area contributed by atoms with E-state index in [-0.39, 0.29) is 5.38 Å². The fourth-order valence-electron chi connectivity index (χ4n) is 1.31. The Labute approximate surface area is 114 Å². The summed E-state index contributed by atoms with van der Waals surface area (Å²) in [4.78, 5) is 6.15. The van der Waals surface area contributed by atoms with Gasteiger partial charge in [-0.3, -0.25) is 0 Å². The van der Waals surface area contributed by atoms with E-state index in [0.717, 1.165) is 4.47 Å². The van der Waals surface area contributed by atoms with Crippen molar-refractivity contribution < 1.29 is 4.74 Å². The highest BCUT2D eigenvalue weighted by Crippen LogP contribution is 2.25. The largest absolute Gasteiger partial charge is 0.383 e. The van der Waals surface area contributed by atoms with Crippen LogP contribution in [0, 0.1) is 0 Å². The average molecular weight is 328 g/mol. The number of hydrogen-bond donors (Lipinski definition) is 0. The maximum absolute atomic E-state index is 6.08. The number of anilines is 1. The van der Waals surface area contributed by atoms with Crippen LogP contribution in [0.15, 0.2) is 16.7 Å². The highest BCUT2D eigenvalue weighted by Gasteiger charge is 2.12. The molecule has 0 spiro atoms. The van der Waals surface area contributed by atoms with E-state index in [1.807, 2.05) is 11.9 Å². The molecule has 1 heterocycles. The average Bonchev–Trinajstić information content (AvgIpc) is 2.17. The van der Waals surface area contributed by atoms with Crippen molar-refractivity contribution in [3.63, 3.8) is 0 Å². The van der Waals surface area contributed by atoms with Gasteiger partial charge in [-0.05, 0) is 22.0 Å². The molecule has 16 heavy (non-hydrogen) atoms. The normalized spacial score (nSPS) is 12.6. The second-order valence-electron chi connectivity index (χ2n) is 3.39. The number of aromatic nitrogens is 1.